The molecule has 0 bridgehead atoms. The number of nitrogens with zero attached hydrogens (tertiary/aromatic N) is 4. The molecule has 2 aromatic heterocycles. The van der Waals surface area contributed by atoms with Crippen LogP contribution in [0.1, 0.15) is 119 Å². The van der Waals surface area contributed by atoms with Crippen LogP contribution < -0.4 is 5.56 Å². The number of carbonyl (C=O) groups excluding carboxylic acids is 1. The lowest BCUT2D eigenvalue weighted by Gasteiger charge is -2.31. The molecule has 1 unspecified atom stereocenters. The SMILES string of the molecule is CCCCCCCCCC(=O)OCOC1CCCn2c1nc(C)c(CCN1CCC(c3noc4cc(F)ccc34)CC1)c2=O. The van der Waals surface area contributed by atoms with Crippen LogP contribution in [-0.2, 0) is 27.2 Å². The Balaban J connectivity index is 1.08. The van der Waals surface area contributed by atoms with E-state index < -0.39 is 0 Å². The van der Waals surface area contributed by atoms with E-state index in [2.05, 4.69) is 17.0 Å². The molecule has 5 rings (SSSR count). The molecule has 44 heavy (non-hydrogen) atoms. The fraction of sp³-hybridized carbons (Fsp3) is 0.647. The topological polar surface area (TPSA) is 99.7 Å². The van der Waals surface area contributed by atoms with Gasteiger partial charge in [-0.1, -0.05) is 50.6 Å². The summed E-state index contributed by atoms with van der Waals surface area (Å²) in [6, 6.07) is 4.59. The number of halogens is 1. The number of rotatable bonds is 15. The number of likely N-dealkylation sites (tertiary alicyclic amines) is 1. The number of aryl methyl sites for hydroxylation is 1. The number of piperidine rings is 1. The van der Waals surface area contributed by atoms with Gasteiger partial charge in [0.2, 0.25) is 0 Å². The zero-order chi connectivity index (χ0) is 30.9. The maximum absolute atomic E-state index is 13.5. The highest BCUT2D eigenvalue weighted by atomic mass is 19.1. The van der Waals surface area contributed by atoms with Crippen molar-refractivity contribution in [1.82, 2.24) is 19.6 Å². The zero-order valence-corrected chi connectivity index (χ0v) is 26.3. The predicted octanol–water partition coefficient (Wildman–Crippen LogP) is 6.75. The third-order valence-corrected chi connectivity index (χ3v) is 9.22. The number of aromatic nitrogens is 3. The largest absolute Gasteiger partial charge is 0.438 e. The molecule has 0 saturated carbocycles. The number of esters is 1. The molecule has 4 heterocycles. The zero-order valence-electron chi connectivity index (χ0n) is 26.3. The molecule has 3 aromatic rings. The molecule has 1 saturated heterocycles. The van der Waals surface area contributed by atoms with Crippen LogP contribution in [-0.4, -0.2) is 52.0 Å². The number of carbonyl (C=O) groups is 1. The van der Waals surface area contributed by atoms with Crippen molar-refractivity contribution in [2.45, 2.75) is 116 Å². The van der Waals surface area contributed by atoms with Crippen molar-refractivity contribution >= 4 is 16.9 Å². The van der Waals surface area contributed by atoms with Crippen LogP contribution in [0.15, 0.2) is 27.5 Å². The highest BCUT2D eigenvalue weighted by Crippen LogP contribution is 2.33. The number of fused-ring (bicyclic) bond motifs is 2. The summed E-state index contributed by atoms with van der Waals surface area (Å²) in [7, 11) is 0. The average molecular weight is 611 g/mol. The Bertz CT molecular complexity index is 1450. The second-order valence-corrected chi connectivity index (χ2v) is 12.4. The Hall–Kier alpha value is -3.11. The van der Waals surface area contributed by atoms with Gasteiger partial charge >= 0.3 is 5.97 Å². The van der Waals surface area contributed by atoms with Gasteiger partial charge in [-0.25, -0.2) is 9.37 Å². The lowest BCUT2D eigenvalue weighted by molar-refractivity contribution is -0.163. The number of unbranched alkanes of at least 4 members (excludes halogenated alkanes) is 6. The van der Waals surface area contributed by atoms with Crippen molar-refractivity contribution in [3.63, 3.8) is 0 Å². The molecule has 2 aliphatic rings. The van der Waals surface area contributed by atoms with E-state index in [1.54, 1.807) is 10.6 Å². The summed E-state index contributed by atoms with van der Waals surface area (Å²) in [5, 5.41) is 5.14. The Kier molecular flexibility index (Phi) is 11.6. The molecule has 1 aromatic carbocycles. The van der Waals surface area contributed by atoms with E-state index in [1.165, 1.54) is 37.8 Å². The first-order valence-electron chi connectivity index (χ1n) is 16.6. The number of hydrogen-bond acceptors (Lipinski definition) is 8. The Morgan fingerprint density at radius 1 is 1.07 bits per heavy atom. The first kappa shape index (κ1) is 32.3. The monoisotopic (exact) mass is 610 g/mol. The molecule has 0 N–H and O–H groups in total. The quantitative estimate of drug-likeness (QED) is 0.106. The van der Waals surface area contributed by atoms with E-state index in [0.29, 0.717) is 30.8 Å². The first-order chi connectivity index (χ1) is 21.4. The smallest absolute Gasteiger partial charge is 0.307 e. The van der Waals surface area contributed by atoms with Crippen molar-refractivity contribution in [2.75, 3.05) is 26.4 Å². The molecule has 0 aliphatic carbocycles. The standard InChI is InChI=1S/C34H47FN4O5/c1-3-4-5-6-7-8-9-12-31(40)43-23-42-29-11-10-18-39-33(29)36-24(2)27(34(39)41)17-21-38-19-15-25(16-20-38)32-28-14-13-26(35)22-30(28)44-37-32/h13-14,22,25,29H,3-12,15-21,23H2,1-2H3. The van der Waals surface area contributed by atoms with E-state index in [1.807, 2.05) is 6.92 Å². The Labute approximate surface area is 259 Å². The van der Waals surface area contributed by atoms with Crippen molar-refractivity contribution in [3.05, 3.63) is 57.1 Å². The summed E-state index contributed by atoms with van der Waals surface area (Å²) in [6.07, 6.45) is 12.2. The second kappa shape index (κ2) is 15.8. The van der Waals surface area contributed by atoms with Gasteiger partial charge in [-0.2, -0.15) is 0 Å². The summed E-state index contributed by atoms with van der Waals surface area (Å²) >= 11 is 0. The maximum Gasteiger partial charge on any atom is 0.307 e. The summed E-state index contributed by atoms with van der Waals surface area (Å²) < 4.78 is 31.9. The molecule has 10 heteroatoms. The summed E-state index contributed by atoms with van der Waals surface area (Å²) in [5.74, 6) is 0.342. The number of benzene rings is 1. The first-order valence-corrected chi connectivity index (χ1v) is 16.6. The number of hydrogen-bond donors (Lipinski definition) is 0. The van der Waals surface area contributed by atoms with Crippen molar-refractivity contribution in [2.24, 2.45) is 0 Å². The molecule has 0 radical (unpaired) electrons. The van der Waals surface area contributed by atoms with Crippen LogP contribution in [0.25, 0.3) is 11.0 Å². The minimum Gasteiger partial charge on any atom is -0.438 e. The molecular formula is C34H47FN4O5. The maximum atomic E-state index is 13.5. The van der Waals surface area contributed by atoms with Crippen molar-refractivity contribution < 1.29 is 23.2 Å². The second-order valence-electron chi connectivity index (χ2n) is 12.4. The number of ether oxygens (including phenoxy) is 2. The van der Waals surface area contributed by atoms with Gasteiger partial charge in [0.05, 0.1) is 5.69 Å². The van der Waals surface area contributed by atoms with Gasteiger partial charge in [0.25, 0.3) is 5.56 Å². The summed E-state index contributed by atoms with van der Waals surface area (Å²) in [4.78, 5) is 32.9. The van der Waals surface area contributed by atoms with Crippen LogP contribution >= 0.6 is 0 Å². The van der Waals surface area contributed by atoms with E-state index in [0.717, 1.165) is 86.9 Å². The van der Waals surface area contributed by atoms with Crippen LogP contribution in [0.4, 0.5) is 4.39 Å². The molecular weight excluding hydrogens is 563 g/mol. The normalized spacial score (nSPS) is 17.7. The molecule has 240 valence electrons. The molecule has 1 atom stereocenters. The van der Waals surface area contributed by atoms with Gasteiger partial charge in [0, 0.05) is 48.1 Å². The Morgan fingerprint density at radius 3 is 2.64 bits per heavy atom. The minimum atomic E-state index is -0.362. The van der Waals surface area contributed by atoms with E-state index in [4.69, 9.17) is 19.0 Å². The van der Waals surface area contributed by atoms with Crippen molar-refractivity contribution in [1.29, 1.82) is 0 Å². The average Bonchev–Trinajstić information content (AvgIpc) is 3.44. The lowest BCUT2D eigenvalue weighted by Crippen LogP contribution is -2.38. The third kappa shape index (κ3) is 8.13. The molecule has 2 aliphatic heterocycles. The lowest BCUT2D eigenvalue weighted by atomic mass is 9.91. The molecule has 0 spiro atoms. The molecule has 1 fully saturated rings. The van der Waals surface area contributed by atoms with Crippen LogP contribution in [0.3, 0.4) is 0 Å². The van der Waals surface area contributed by atoms with Gasteiger partial charge in [-0.15, -0.1) is 0 Å². The van der Waals surface area contributed by atoms with Gasteiger partial charge in [0.15, 0.2) is 12.4 Å². The summed E-state index contributed by atoms with van der Waals surface area (Å²) in [5.41, 5.74) is 2.90. The minimum absolute atomic E-state index is 0.00733. The van der Waals surface area contributed by atoms with Gasteiger partial charge in [-0.3, -0.25) is 14.2 Å². The van der Waals surface area contributed by atoms with E-state index >= 15 is 0 Å². The van der Waals surface area contributed by atoms with Gasteiger partial charge in [0.1, 0.15) is 17.7 Å². The van der Waals surface area contributed by atoms with E-state index in [9.17, 15) is 14.0 Å². The predicted molar refractivity (Wildman–Crippen MR) is 166 cm³/mol. The van der Waals surface area contributed by atoms with Crippen LogP contribution in [0.2, 0.25) is 0 Å². The van der Waals surface area contributed by atoms with Crippen molar-refractivity contribution in [3.8, 4) is 0 Å². The van der Waals surface area contributed by atoms with E-state index in [-0.39, 0.29) is 36.2 Å². The Morgan fingerprint density at radius 2 is 1.84 bits per heavy atom. The highest BCUT2D eigenvalue weighted by Gasteiger charge is 2.28. The highest BCUT2D eigenvalue weighted by molar-refractivity contribution is 5.79. The molecule has 0 amide bonds. The fourth-order valence-electron chi connectivity index (χ4n) is 6.60. The van der Waals surface area contributed by atoms with Gasteiger partial charge < -0.3 is 18.9 Å². The third-order valence-electron chi connectivity index (χ3n) is 9.22. The van der Waals surface area contributed by atoms with Crippen LogP contribution in [0.5, 0.6) is 0 Å². The van der Waals surface area contributed by atoms with Crippen LogP contribution in [0, 0.1) is 12.7 Å². The fourth-order valence-corrected chi connectivity index (χ4v) is 6.60. The van der Waals surface area contributed by atoms with Gasteiger partial charge in [-0.05, 0) is 70.7 Å². The molecule has 9 nitrogen and oxygen atoms in total. The summed E-state index contributed by atoms with van der Waals surface area (Å²) in [6.45, 7) is 7.18.